The zero-order valence-corrected chi connectivity index (χ0v) is 6.11. The molecule has 0 unspecified atom stereocenters. The van der Waals surface area contributed by atoms with Crippen molar-refractivity contribution < 1.29 is 34.7 Å². The second kappa shape index (κ2) is 9.20. The summed E-state index contributed by atoms with van der Waals surface area (Å²) >= 11 is 0. The molecule has 0 aliphatic carbocycles. The molecular weight excluding hydrogens is 87.0 g/mol. The summed E-state index contributed by atoms with van der Waals surface area (Å²) in [7, 11) is 0. The maximum Gasteiger partial charge on any atom is 1.00 e. The van der Waals surface area contributed by atoms with Crippen LogP contribution in [-0.2, 0) is 0 Å². The van der Waals surface area contributed by atoms with Crippen LogP contribution in [0.15, 0.2) is 12.7 Å². The van der Waals surface area contributed by atoms with Gasteiger partial charge in [-0.2, -0.15) is 0 Å². The van der Waals surface area contributed by atoms with E-state index in [2.05, 4.69) is 6.58 Å². The number of hydrogen-bond donors (Lipinski definition) is 0. The molecule has 0 bridgehead atoms. The van der Waals surface area contributed by atoms with Crippen LogP contribution < -0.4 is 34.7 Å². The van der Waals surface area contributed by atoms with Gasteiger partial charge in [-0.15, -0.1) is 13.2 Å². The van der Waals surface area contributed by atoms with Crippen LogP contribution in [0.4, 0.5) is 0 Å². The molecule has 0 radical (unpaired) electrons. The van der Waals surface area contributed by atoms with E-state index in [-0.39, 0.29) is 36.2 Å². The molecule has 0 aromatic carbocycles. The standard InChI is InChI=1S/C4H7O.Na/c1-2-3-4-5;/h2H,1,3-4H2;/q-1;+1. The number of hydrogen-bond acceptors (Lipinski definition) is 1. The van der Waals surface area contributed by atoms with Gasteiger partial charge in [-0.3, -0.25) is 0 Å². The fraction of sp³-hybridized carbons (Fsp3) is 0.500. The summed E-state index contributed by atoms with van der Waals surface area (Å²) in [6.45, 7) is 3.33. The first-order valence-corrected chi connectivity index (χ1v) is 1.61. The summed E-state index contributed by atoms with van der Waals surface area (Å²) in [6.07, 6.45) is 2.22. The predicted octanol–water partition coefficient (Wildman–Crippen LogP) is -3.07. The van der Waals surface area contributed by atoms with E-state index in [1.807, 2.05) is 0 Å². The second-order valence-electron chi connectivity index (χ2n) is 0.781. The normalized spacial score (nSPS) is 6.17. The van der Waals surface area contributed by atoms with Crippen molar-refractivity contribution >= 4 is 0 Å². The van der Waals surface area contributed by atoms with Gasteiger partial charge in [-0.25, -0.2) is 0 Å². The Balaban J connectivity index is 0. The third-order valence-corrected chi connectivity index (χ3v) is 0.322. The van der Waals surface area contributed by atoms with Gasteiger partial charge in [-0.1, -0.05) is 12.5 Å². The average Bonchev–Trinajstić information content (AvgIpc) is 1.41. The summed E-state index contributed by atoms with van der Waals surface area (Å²) in [4.78, 5) is 0. The molecule has 0 rings (SSSR count). The van der Waals surface area contributed by atoms with Gasteiger partial charge in [0, 0.05) is 0 Å². The monoisotopic (exact) mass is 94.0 g/mol. The van der Waals surface area contributed by atoms with E-state index >= 15 is 0 Å². The van der Waals surface area contributed by atoms with Crippen molar-refractivity contribution in [2.75, 3.05) is 6.61 Å². The fourth-order valence-electron chi connectivity index (χ4n) is 0.0833. The van der Waals surface area contributed by atoms with Crippen molar-refractivity contribution in [2.24, 2.45) is 0 Å². The molecule has 0 aromatic heterocycles. The van der Waals surface area contributed by atoms with Crippen LogP contribution in [0.5, 0.6) is 0 Å². The van der Waals surface area contributed by atoms with Crippen LogP contribution in [0.2, 0.25) is 0 Å². The molecular formula is C4H7NaO. The van der Waals surface area contributed by atoms with Gasteiger partial charge in [-0.05, 0) is 0 Å². The van der Waals surface area contributed by atoms with Crippen LogP contribution >= 0.6 is 0 Å². The summed E-state index contributed by atoms with van der Waals surface area (Å²) in [6, 6.07) is 0. The minimum Gasteiger partial charge on any atom is -0.854 e. The van der Waals surface area contributed by atoms with Crippen molar-refractivity contribution in [3.63, 3.8) is 0 Å². The largest absolute Gasteiger partial charge is 1.00 e. The first-order chi connectivity index (χ1) is 2.41. The van der Waals surface area contributed by atoms with Crippen molar-refractivity contribution in [2.45, 2.75) is 6.42 Å². The van der Waals surface area contributed by atoms with Crippen LogP contribution in [0, 0.1) is 0 Å². The topological polar surface area (TPSA) is 23.1 Å². The minimum absolute atomic E-state index is 0. The minimum atomic E-state index is -0.0243. The molecule has 0 aromatic rings. The van der Waals surface area contributed by atoms with Gasteiger partial charge in [0.05, 0.1) is 0 Å². The van der Waals surface area contributed by atoms with Crippen molar-refractivity contribution in [1.82, 2.24) is 0 Å². The zero-order chi connectivity index (χ0) is 4.12. The van der Waals surface area contributed by atoms with E-state index in [0.29, 0.717) is 6.42 Å². The Morgan fingerprint density at radius 1 is 1.67 bits per heavy atom. The predicted molar refractivity (Wildman–Crippen MR) is 19.7 cm³/mol. The van der Waals surface area contributed by atoms with E-state index in [1.54, 1.807) is 6.08 Å². The Bertz CT molecular complexity index is 28.7. The summed E-state index contributed by atoms with van der Waals surface area (Å²) in [5.74, 6) is 0. The van der Waals surface area contributed by atoms with Crippen LogP contribution in [0.3, 0.4) is 0 Å². The summed E-state index contributed by atoms with van der Waals surface area (Å²) < 4.78 is 0. The van der Waals surface area contributed by atoms with Gasteiger partial charge < -0.3 is 5.11 Å². The molecule has 0 atom stereocenters. The van der Waals surface area contributed by atoms with Crippen molar-refractivity contribution in [1.29, 1.82) is 0 Å². The Hall–Kier alpha value is 0.700. The van der Waals surface area contributed by atoms with Gasteiger partial charge in [0.25, 0.3) is 0 Å². The fourth-order valence-corrected chi connectivity index (χ4v) is 0.0833. The number of rotatable bonds is 2. The molecule has 1 nitrogen and oxygen atoms in total. The Morgan fingerprint density at radius 2 is 2.17 bits per heavy atom. The van der Waals surface area contributed by atoms with Crippen molar-refractivity contribution in [3.05, 3.63) is 12.7 Å². The third kappa shape index (κ3) is 8.83. The molecule has 6 heavy (non-hydrogen) atoms. The van der Waals surface area contributed by atoms with E-state index < -0.39 is 0 Å². The smallest absolute Gasteiger partial charge is 0.854 e. The molecule has 0 amide bonds. The summed E-state index contributed by atoms with van der Waals surface area (Å²) in [5, 5.41) is 9.46. The zero-order valence-electron chi connectivity index (χ0n) is 4.11. The quantitative estimate of drug-likeness (QED) is 0.263. The molecule has 0 saturated carbocycles. The first-order valence-electron chi connectivity index (χ1n) is 1.61. The molecule has 0 spiro atoms. The van der Waals surface area contributed by atoms with Crippen molar-refractivity contribution in [3.8, 4) is 0 Å². The molecule has 0 fully saturated rings. The second-order valence-corrected chi connectivity index (χ2v) is 0.781. The van der Waals surface area contributed by atoms with Gasteiger partial charge >= 0.3 is 29.6 Å². The molecule has 0 aliphatic rings. The van der Waals surface area contributed by atoms with Gasteiger partial charge in [0.1, 0.15) is 0 Å². The van der Waals surface area contributed by atoms with E-state index in [1.165, 1.54) is 0 Å². The first kappa shape index (κ1) is 9.85. The summed E-state index contributed by atoms with van der Waals surface area (Å²) in [5.41, 5.74) is 0. The van der Waals surface area contributed by atoms with Gasteiger partial charge in [0.15, 0.2) is 0 Å². The Labute approximate surface area is 60.4 Å². The average molecular weight is 94.1 g/mol. The maximum absolute atomic E-state index is 9.46. The maximum atomic E-state index is 9.46. The molecule has 30 valence electrons. The Kier molecular flexibility index (Phi) is 15.1. The molecule has 0 saturated heterocycles. The Morgan fingerprint density at radius 3 is 2.17 bits per heavy atom. The van der Waals surface area contributed by atoms with Gasteiger partial charge in [0.2, 0.25) is 0 Å². The van der Waals surface area contributed by atoms with E-state index in [4.69, 9.17) is 0 Å². The molecule has 2 heteroatoms. The van der Waals surface area contributed by atoms with E-state index in [9.17, 15) is 5.11 Å². The van der Waals surface area contributed by atoms with E-state index in [0.717, 1.165) is 0 Å². The van der Waals surface area contributed by atoms with Crippen LogP contribution in [-0.4, -0.2) is 6.61 Å². The third-order valence-electron chi connectivity index (χ3n) is 0.322. The van der Waals surface area contributed by atoms with Crippen LogP contribution in [0.25, 0.3) is 0 Å². The molecule has 0 heterocycles. The SMILES string of the molecule is C=CCC[O-].[Na+]. The molecule has 0 aliphatic heterocycles. The molecule has 0 N–H and O–H groups in total. The van der Waals surface area contributed by atoms with Crippen LogP contribution in [0.1, 0.15) is 6.42 Å².